The maximum absolute atomic E-state index is 12.1. The zero-order valence-corrected chi connectivity index (χ0v) is 12.0. The van der Waals surface area contributed by atoms with Crippen LogP contribution >= 0.6 is 0 Å². The van der Waals surface area contributed by atoms with Gasteiger partial charge in [-0.3, -0.25) is 0 Å². The highest BCUT2D eigenvalue weighted by Crippen LogP contribution is 2.24. The van der Waals surface area contributed by atoms with E-state index < -0.39 is 0 Å². The van der Waals surface area contributed by atoms with E-state index in [1.54, 1.807) is 6.08 Å². The molecule has 0 radical (unpaired) electrons. The number of esters is 1. The third kappa shape index (κ3) is 3.98. The molecule has 1 aromatic rings. The molecule has 3 heteroatoms. The van der Waals surface area contributed by atoms with Crippen LogP contribution in [0.25, 0.3) is 0 Å². The minimum atomic E-state index is -0.258. The highest BCUT2D eigenvalue weighted by molar-refractivity contribution is 5.89. The van der Waals surface area contributed by atoms with E-state index in [2.05, 4.69) is 6.92 Å². The Hall–Kier alpha value is -2.03. The molecule has 0 aromatic heterocycles. The zero-order chi connectivity index (χ0) is 14.4. The quantitative estimate of drug-likeness (QED) is 0.768. The Kier molecular flexibility index (Phi) is 4.99. The van der Waals surface area contributed by atoms with E-state index in [4.69, 9.17) is 9.47 Å². The summed E-state index contributed by atoms with van der Waals surface area (Å²) in [7, 11) is 0. The number of benzene rings is 1. The van der Waals surface area contributed by atoms with Gasteiger partial charge in [0, 0.05) is 5.57 Å². The average Bonchev–Trinajstić information content (AvgIpc) is 2.45. The van der Waals surface area contributed by atoms with Crippen molar-refractivity contribution in [1.82, 2.24) is 0 Å². The second kappa shape index (κ2) is 6.94. The Morgan fingerprint density at radius 2 is 2.05 bits per heavy atom. The first-order valence-corrected chi connectivity index (χ1v) is 6.95. The van der Waals surface area contributed by atoms with Gasteiger partial charge in [-0.25, -0.2) is 4.79 Å². The monoisotopic (exact) mass is 272 g/mol. The number of carbonyl (C=O) groups excluding carboxylic acids is 1. The van der Waals surface area contributed by atoms with Crippen LogP contribution in [0.2, 0.25) is 0 Å². The number of carbonyl (C=O) groups is 1. The fraction of sp³-hybridized carbons (Fsp3) is 0.353. The van der Waals surface area contributed by atoms with Gasteiger partial charge in [-0.2, -0.15) is 0 Å². The molecular formula is C17H20O3. The maximum atomic E-state index is 12.1. The highest BCUT2D eigenvalue weighted by Gasteiger charge is 2.19. The Labute approximate surface area is 119 Å². The molecule has 20 heavy (non-hydrogen) atoms. The number of hydrogen-bond acceptors (Lipinski definition) is 3. The average molecular weight is 272 g/mol. The first-order valence-electron chi connectivity index (χ1n) is 6.95. The van der Waals surface area contributed by atoms with Crippen molar-refractivity contribution in [2.24, 2.45) is 5.92 Å². The molecule has 1 aromatic carbocycles. The predicted molar refractivity (Wildman–Crippen MR) is 77.8 cm³/mol. The first kappa shape index (κ1) is 14.4. The molecule has 2 rings (SSSR count). The van der Waals surface area contributed by atoms with Crippen molar-refractivity contribution in [3.63, 3.8) is 0 Å². The lowest BCUT2D eigenvalue weighted by Gasteiger charge is -2.18. The normalized spacial score (nSPS) is 18.0. The molecule has 0 saturated carbocycles. The van der Waals surface area contributed by atoms with E-state index in [0.717, 1.165) is 11.3 Å². The topological polar surface area (TPSA) is 35.5 Å². The molecule has 0 aliphatic heterocycles. The molecule has 1 unspecified atom stereocenters. The van der Waals surface area contributed by atoms with Crippen LogP contribution in [0.3, 0.4) is 0 Å². The van der Waals surface area contributed by atoms with Gasteiger partial charge in [-0.1, -0.05) is 37.3 Å². The van der Waals surface area contributed by atoms with Gasteiger partial charge < -0.3 is 9.47 Å². The molecule has 106 valence electrons. The molecular weight excluding hydrogens is 252 g/mol. The molecule has 1 aliphatic carbocycles. The number of ether oxygens (including phenoxy) is 2. The fourth-order valence-electron chi connectivity index (χ4n) is 2.18. The number of hydrogen-bond donors (Lipinski definition) is 0. The van der Waals surface area contributed by atoms with Gasteiger partial charge in [-0.15, -0.1) is 0 Å². The molecule has 0 amide bonds. The fourth-order valence-corrected chi connectivity index (χ4v) is 2.18. The molecule has 0 N–H and O–H groups in total. The minimum absolute atomic E-state index is 0.258. The van der Waals surface area contributed by atoms with E-state index in [1.807, 2.05) is 43.3 Å². The summed E-state index contributed by atoms with van der Waals surface area (Å²) in [6, 6.07) is 9.69. The summed E-state index contributed by atoms with van der Waals surface area (Å²) in [6.45, 7) is 4.90. The summed E-state index contributed by atoms with van der Waals surface area (Å²) in [5, 5.41) is 0. The second-order valence-electron chi connectivity index (χ2n) is 4.91. The Balaban J connectivity index is 1.96. The molecule has 3 nitrogen and oxygen atoms in total. The van der Waals surface area contributed by atoms with Crippen molar-refractivity contribution in [3.05, 3.63) is 59.4 Å². The zero-order valence-electron chi connectivity index (χ0n) is 12.0. The lowest BCUT2D eigenvalue weighted by Crippen LogP contribution is -2.14. The van der Waals surface area contributed by atoms with Crippen LogP contribution in [0.1, 0.15) is 25.8 Å². The lowest BCUT2D eigenvalue weighted by atomic mass is 9.95. The van der Waals surface area contributed by atoms with Crippen LogP contribution in [-0.2, 0) is 20.9 Å². The van der Waals surface area contributed by atoms with Crippen LogP contribution in [-0.4, -0.2) is 12.6 Å². The van der Waals surface area contributed by atoms with Gasteiger partial charge in [0.05, 0.1) is 6.61 Å². The van der Waals surface area contributed by atoms with Crippen LogP contribution in [0, 0.1) is 5.92 Å². The molecule has 0 saturated heterocycles. The van der Waals surface area contributed by atoms with Crippen molar-refractivity contribution in [3.8, 4) is 0 Å². The summed E-state index contributed by atoms with van der Waals surface area (Å²) < 4.78 is 10.8. The van der Waals surface area contributed by atoms with Crippen LogP contribution in [0.4, 0.5) is 0 Å². The maximum Gasteiger partial charge on any atom is 0.334 e. The molecule has 1 atom stereocenters. The van der Waals surface area contributed by atoms with Gasteiger partial charge in [0.15, 0.2) is 0 Å². The van der Waals surface area contributed by atoms with Crippen LogP contribution in [0.15, 0.2) is 53.8 Å². The Bertz CT molecular complexity index is 514. The largest absolute Gasteiger partial charge is 0.494 e. The van der Waals surface area contributed by atoms with E-state index in [1.165, 1.54) is 0 Å². The van der Waals surface area contributed by atoms with E-state index in [0.29, 0.717) is 31.1 Å². The predicted octanol–water partition coefficient (Wildman–Crippen LogP) is 3.62. The molecule has 0 bridgehead atoms. The highest BCUT2D eigenvalue weighted by atomic mass is 16.5. The molecule has 0 spiro atoms. The third-order valence-corrected chi connectivity index (χ3v) is 3.09. The van der Waals surface area contributed by atoms with Crippen molar-refractivity contribution >= 4 is 5.97 Å². The van der Waals surface area contributed by atoms with E-state index in [9.17, 15) is 4.79 Å². The Morgan fingerprint density at radius 3 is 2.75 bits per heavy atom. The first-order chi connectivity index (χ1) is 9.69. The summed E-state index contributed by atoms with van der Waals surface area (Å²) >= 11 is 0. The lowest BCUT2D eigenvalue weighted by molar-refractivity contribution is -0.140. The van der Waals surface area contributed by atoms with Gasteiger partial charge in [0.2, 0.25) is 0 Å². The number of rotatable bonds is 5. The summed E-state index contributed by atoms with van der Waals surface area (Å²) in [5.74, 6) is 0.796. The van der Waals surface area contributed by atoms with Crippen LogP contribution in [0.5, 0.6) is 0 Å². The van der Waals surface area contributed by atoms with Crippen molar-refractivity contribution in [1.29, 1.82) is 0 Å². The summed E-state index contributed by atoms with van der Waals surface area (Å²) in [6.07, 6.45) is 4.53. The standard InChI is InChI=1S/C17H20O3/c1-3-19-16-10-13(2)9-15(11-16)17(18)20-12-14-7-5-4-6-8-14/h4-8,10-11,13H,3,9,12H2,1-2H3. The smallest absolute Gasteiger partial charge is 0.334 e. The number of allylic oxidation sites excluding steroid dienone is 2. The van der Waals surface area contributed by atoms with E-state index in [-0.39, 0.29) is 5.97 Å². The molecule has 1 aliphatic rings. The molecule has 0 heterocycles. The SMILES string of the molecule is CCOC1=CC(C)CC(C(=O)OCc2ccccc2)=C1. The van der Waals surface area contributed by atoms with Gasteiger partial charge in [-0.05, 0) is 37.0 Å². The van der Waals surface area contributed by atoms with Crippen LogP contribution < -0.4 is 0 Å². The van der Waals surface area contributed by atoms with Crippen molar-refractivity contribution in [2.75, 3.05) is 6.61 Å². The Morgan fingerprint density at radius 1 is 1.30 bits per heavy atom. The van der Waals surface area contributed by atoms with Crippen molar-refractivity contribution in [2.45, 2.75) is 26.9 Å². The molecule has 0 fully saturated rings. The summed E-state index contributed by atoms with van der Waals surface area (Å²) in [5.41, 5.74) is 1.67. The second-order valence-corrected chi connectivity index (χ2v) is 4.91. The third-order valence-electron chi connectivity index (χ3n) is 3.09. The van der Waals surface area contributed by atoms with Gasteiger partial charge in [0.1, 0.15) is 12.4 Å². The van der Waals surface area contributed by atoms with E-state index >= 15 is 0 Å². The van der Waals surface area contributed by atoms with Gasteiger partial charge in [0.25, 0.3) is 0 Å². The van der Waals surface area contributed by atoms with Crippen molar-refractivity contribution < 1.29 is 14.3 Å². The van der Waals surface area contributed by atoms with Gasteiger partial charge >= 0.3 is 5.97 Å². The minimum Gasteiger partial charge on any atom is -0.494 e. The summed E-state index contributed by atoms with van der Waals surface area (Å²) in [4.78, 5) is 12.1.